The predicted octanol–water partition coefficient (Wildman–Crippen LogP) is 4.93. The first kappa shape index (κ1) is 13.9. The molecule has 0 aliphatic rings. The van der Waals surface area contributed by atoms with Crippen molar-refractivity contribution in [1.82, 2.24) is 4.98 Å². The molecule has 1 aromatic heterocycles. The fourth-order valence-corrected chi connectivity index (χ4v) is 1.82. The van der Waals surface area contributed by atoms with Gasteiger partial charge in [-0.15, -0.1) is 0 Å². The molecule has 0 spiro atoms. The molecule has 0 N–H and O–H groups in total. The lowest BCUT2D eigenvalue weighted by Gasteiger charge is -2.13. The van der Waals surface area contributed by atoms with Crippen LogP contribution in [-0.2, 0) is 12.4 Å². The smallest absolute Gasteiger partial charge is 0.243 e. The van der Waals surface area contributed by atoms with Crippen LogP contribution in [0.4, 0.5) is 26.3 Å². The second-order valence-electron chi connectivity index (χ2n) is 3.72. The lowest BCUT2D eigenvalue weighted by atomic mass is 10.0. The number of nitrogens with zero attached hydrogens (tertiary/aromatic N) is 1. The summed E-state index contributed by atoms with van der Waals surface area (Å²) in [6, 6.07) is 1.88. The van der Waals surface area contributed by atoms with Gasteiger partial charge in [0.1, 0.15) is 5.15 Å². The minimum absolute atomic E-state index is 0.383. The maximum Gasteiger partial charge on any atom is 0.418 e. The molecule has 0 saturated carbocycles. The van der Waals surface area contributed by atoms with Crippen molar-refractivity contribution in [3.8, 4) is 0 Å². The van der Waals surface area contributed by atoms with Crippen LogP contribution >= 0.6 is 11.6 Å². The van der Waals surface area contributed by atoms with Crippen LogP contribution in [0.3, 0.4) is 0 Å². The van der Waals surface area contributed by atoms with Gasteiger partial charge in [0.25, 0.3) is 0 Å². The Kier molecular flexibility index (Phi) is 3.12. The number of benzene rings is 1. The molecule has 1 nitrogen and oxygen atoms in total. The first-order chi connectivity index (χ1) is 8.60. The maximum atomic E-state index is 12.7. The number of hydrogen-bond donors (Lipinski definition) is 0. The Balaban J connectivity index is 2.78. The zero-order valence-corrected chi connectivity index (χ0v) is 9.66. The van der Waals surface area contributed by atoms with Crippen molar-refractivity contribution in [2.24, 2.45) is 0 Å². The maximum absolute atomic E-state index is 12.7. The highest BCUT2D eigenvalue weighted by Crippen LogP contribution is 2.38. The number of alkyl halides is 6. The summed E-state index contributed by atoms with van der Waals surface area (Å²) in [6.45, 7) is 0. The zero-order valence-electron chi connectivity index (χ0n) is 8.90. The molecule has 0 unspecified atom stereocenters. The third-order valence-electron chi connectivity index (χ3n) is 2.47. The Bertz CT molecular complexity index is 631. The van der Waals surface area contributed by atoms with E-state index in [1.54, 1.807) is 0 Å². The number of halogens is 7. The summed E-state index contributed by atoms with van der Waals surface area (Å²) in [7, 11) is 0. The van der Waals surface area contributed by atoms with Crippen LogP contribution < -0.4 is 0 Å². The van der Waals surface area contributed by atoms with Gasteiger partial charge in [-0.1, -0.05) is 17.7 Å². The summed E-state index contributed by atoms with van der Waals surface area (Å²) in [5.74, 6) is 0. The van der Waals surface area contributed by atoms with Crippen LogP contribution in [0.5, 0.6) is 0 Å². The molecule has 0 fully saturated rings. The SMILES string of the molecule is FC(F)(F)c1ccc2c(C(F)(F)F)cnc(Cl)c2c1. The molecule has 8 heteroatoms. The van der Waals surface area contributed by atoms with E-state index in [0.29, 0.717) is 18.3 Å². The van der Waals surface area contributed by atoms with E-state index >= 15 is 0 Å². The molecule has 19 heavy (non-hydrogen) atoms. The molecule has 0 aliphatic heterocycles. The molecular weight excluding hydrogens is 296 g/mol. The van der Waals surface area contributed by atoms with Gasteiger partial charge < -0.3 is 0 Å². The quantitative estimate of drug-likeness (QED) is 0.497. The van der Waals surface area contributed by atoms with Gasteiger partial charge >= 0.3 is 12.4 Å². The zero-order chi connectivity index (χ0) is 14.4. The number of rotatable bonds is 0. The molecule has 0 saturated heterocycles. The van der Waals surface area contributed by atoms with Crippen molar-refractivity contribution < 1.29 is 26.3 Å². The second kappa shape index (κ2) is 4.26. The van der Waals surface area contributed by atoms with E-state index in [0.717, 1.165) is 6.07 Å². The monoisotopic (exact) mass is 299 g/mol. The van der Waals surface area contributed by atoms with E-state index in [4.69, 9.17) is 11.6 Å². The van der Waals surface area contributed by atoms with E-state index < -0.39 is 34.0 Å². The predicted molar refractivity (Wildman–Crippen MR) is 56.8 cm³/mol. The third kappa shape index (κ3) is 2.60. The molecule has 1 heterocycles. The summed E-state index contributed by atoms with van der Waals surface area (Å²) < 4.78 is 75.5. The second-order valence-corrected chi connectivity index (χ2v) is 4.08. The average molecular weight is 300 g/mol. The normalized spacial score (nSPS) is 13.0. The Morgan fingerprint density at radius 1 is 0.895 bits per heavy atom. The summed E-state index contributed by atoms with van der Waals surface area (Å²) in [4.78, 5) is 3.27. The number of hydrogen-bond acceptors (Lipinski definition) is 1. The highest BCUT2D eigenvalue weighted by Gasteiger charge is 2.35. The average Bonchev–Trinajstić information content (AvgIpc) is 2.26. The van der Waals surface area contributed by atoms with Gasteiger partial charge in [0.15, 0.2) is 0 Å². The van der Waals surface area contributed by atoms with Crippen LogP contribution in [0.2, 0.25) is 5.15 Å². The molecule has 0 atom stereocenters. The van der Waals surface area contributed by atoms with Crippen LogP contribution in [0.25, 0.3) is 10.8 Å². The highest BCUT2D eigenvalue weighted by molar-refractivity contribution is 6.34. The van der Waals surface area contributed by atoms with Crippen molar-refractivity contribution in [2.75, 3.05) is 0 Å². The van der Waals surface area contributed by atoms with E-state index in [1.807, 2.05) is 0 Å². The summed E-state index contributed by atoms with van der Waals surface area (Å²) in [5, 5.41) is -1.21. The molecular formula is C11H4ClF6N. The lowest BCUT2D eigenvalue weighted by molar-refractivity contribution is -0.137. The molecule has 0 radical (unpaired) electrons. The van der Waals surface area contributed by atoms with Crippen LogP contribution in [0.1, 0.15) is 11.1 Å². The summed E-state index contributed by atoms with van der Waals surface area (Å²) in [6.07, 6.45) is -8.88. The Hall–Kier alpha value is -1.50. The number of fused-ring (bicyclic) bond motifs is 1. The van der Waals surface area contributed by atoms with Gasteiger partial charge in [-0.25, -0.2) is 4.98 Å². The summed E-state index contributed by atoms with van der Waals surface area (Å²) in [5.41, 5.74) is -2.20. The van der Waals surface area contributed by atoms with Gasteiger partial charge in [-0.3, -0.25) is 0 Å². The Morgan fingerprint density at radius 2 is 1.53 bits per heavy atom. The largest absolute Gasteiger partial charge is 0.418 e. The lowest BCUT2D eigenvalue weighted by Crippen LogP contribution is -2.08. The van der Waals surface area contributed by atoms with Crippen LogP contribution in [0, 0.1) is 0 Å². The highest BCUT2D eigenvalue weighted by atomic mass is 35.5. The van der Waals surface area contributed by atoms with Crippen LogP contribution in [0.15, 0.2) is 24.4 Å². The van der Waals surface area contributed by atoms with Gasteiger partial charge in [0.05, 0.1) is 11.1 Å². The molecule has 0 bridgehead atoms. The van der Waals surface area contributed by atoms with Crippen molar-refractivity contribution in [1.29, 1.82) is 0 Å². The van der Waals surface area contributed by atoms with E-state index in [1.165, 1.54) is 0 Å². The molecule has 0 aliphatic carbocycles. The topological polar surface area (TPSA) is 12.9 Å². The minimum atomic E-state index is -4.71. The first-order valence-corrected chi connectivity index (χ1v) is 5.21. The van der Waals surface area contributed by atoms with E-state index in [-0.39, 0.29) is 5.39 Å². The summed E-state index contributed by atoms with van der Waals surface area (Å²) >= 11 is 5.56. The van der Waals surface area contributed by atoms with Crippen molar-refractivity contribution >= 4 is 22.4 Å². The molecule has 2 aromatic rings. The number of aromatic nitrogens is 1. The fourth-order valence-electron chi connectivity index (χ4n) is 1.61. The van der Waals surface area contributed by atoms with E-state index in [2.05, 4.69) is 4.98 Å². The van der Waals surface area contributed by atoms with E-state index in [9.17, 15) is 26.3 Å². The van der Waals surface area contributed by atoms with Gasteiger partial charge in [-0.2, -0.15) is 26.3 Å². The fraction of sp³-hybridized carbons (Fsp3) is 0.182. The third-order valence-corrected chi connectivity index (χ3v) is 2.77. The number of pyridine rings is 1. The molecule has 1 aromatic carbocycles. The molecule has 102 valence electrons. The van der Waals surface area contributed by atoms with Crippen molar-refractivity contribution in [3.63, 3.8) is 0 Å². The van der Waals surface area contributed by atoms with Gasteiger partial charge in [0.2, 0.25) is 0 Å². The molecule has 2 rings (SSSR count). The molecule has 0 amide bonds. The standard InChI is InChI=1S/C11H4ClF6N/c12-9-7-3-5(10(13,14)15)1-2-6(7)8(4-19-9)11(16,17)18/h1-4H. The van der Waals surface area contributed by atoms with Crippen LogP contribution in [-0.4, -0.2) is 4.98 Å². The Morgan fingerprint density at radius 3 is 2.05 bits per heavy atom. The van der Waals surface area contributed by atoms with Gasteiger partial charge in [-0.05, 0) is 17.5 Å². The Labute approximate surface area is 107 Å². The van der Waals surface area contributed by atoms with Crippen molar-refractivity contribution in [3.05, 3.63) is 40.7 Å². The minimum Gasteiger partial charge on any atom is -0.243 e. The van der Waals surface area contributed by atoms with Crippen molar-refractivity contribution in [2.45, 2.75) is 12.4 Å². The first-order valence-electron chi connectivity index (χ1n) is 4.83. The van der Waals surface area contributed by atoms with Gasteiger partial charge in [0, 0.05) is 11.6 Å².